The van der Waals surface area contributed by atoms with Crippen molar-refractivity contribution in [1.82, 2.24) is 0 Å². The highest BCUT2D eigenvalue weighted by atomic mass is 16.8. The molecule has 0 saturated carbocycles. The second-order valence-corrected chi connectivity index (χ2v) is 17.4. The van der Waals surface area contributed by atoms with Gasteiger partial charge in [0.2, 0.25) is 22.7 Å². The Hall–Kier alpha value is -8.36. The molecule has 8 heteroatoms. The Morgan fingerprint density at radius 2 is 0.662 bits per heavy atom. The molecule has 0 amide bonds. The van der Waals surface area contributed by atoms with Gasteiger partial charge in [-0.1, -0.05) is 141 Å². The van der Waals surface area contributed by atoms with E-state index in [1.807, 2.05) is 72.8 Å². The first kappa shape index (κ1) is 37.2. The molecule has 0 aromatic heterocycles. The second-order valence-electron chi connectivity index (χ2n) is 17.4. The van der Waals surface area contributed by atoms with Crippen LogP contribution >= 0.6 is 0 Å². The number of hydrogen-bond acceptors (Lipinski definition) is 4. The molecule has 310 valence electrons. The molecule has 0 aliphatic carbocycles. The molecule has 8 nitrogen and oxygen atoms in total. The van der Waals surface area contributed by atoms with Crippen LogP contribution in [0.15, 0.2) is 194 Å². The summed E-state index contributed by atoms with van der Waals surface area (Å²) in [6, 6.07) is 63.9. The topological polar surface area (TPSA) is 49.0 Å². The van der Waals surface area contributed by atoms with Crippen LogP contribution in [-0.4, -0.2) is 55.2 Å². The van der Waals surface area contributed by atoms with E-state index in [-0.39, 0.29) is 5.41 Å². The van der Waals surface area contributed by atoms with Crippen molar-refractivity contribution in [2.45, 2.75) is 31.3 Å². The van der Waals surface area contributed by atoms with Gasteiger partial charge in [-0.05, 0) is 47.5 Å². The normalized spacial score (nSPS) is 17.1. The highest BCUT2D eigenvalue weighted by molar-refractivity contribution is 5.88. The fourth-order valence-electron chi connectivity index (χ4n) is 9.90. The highest BCUT2D eigenvalue weighted by Gasteiger charge is 2.69. The number of rotatable bonds is 4. The summed E-state index contributed by atoms with van der Waals surface area (Å²) in [5.41, 5.74) is 12.2. The summed E-state index contributed by atoms with van der Waals surface area (Å²) < 4.78 is 36.0. The standard InChI is InChI=1S/C30H24N2O2.C27H18N2O2/c1-29(2)25-17-9-11-21-19-31(23-13-5-3-6-14-23)30(33-27(21)25)32(24-15-7-4-8-16-24)20-22-12-10-18-26(29)28(22)34-30;1-3-7-23(8-4-1)28-17-21-13-11-19-15-25(21)30-27(28)29(24-9-5-2-6-10-24)18-22-14-12-20(19)16-26(22)31-27/h3-20H,1-2H3;1-18H/q2*+2. The monoisotopic (exact) mass is 846 g/mol. The van der Waals surface area contributed by atoms with Crippen LogP contribution in [0, 0.1) is 0 Å². The molecule has 2 spiro atoms. The molecule has 8 aromatic carbocycles. The Kier molecular flexibility index (Phi) is 7.91. The number of nitrogens with zero attached hydrogens (tertiary/aromatic N) is 4. The quantitative estimate of drug-likeness (QED) is 0.166. The van der Waals surface area contributed by atoms with Gasteiger partial charge in [0, 0.05) is 65.1 Å². The summed E-state index contributed by atoms with van der Waals surface area (Å²) in [5.74, 6) is 3.30. The predicted octanol–water partition coefficient (Wildman–Crippen LogP) is 11.2. The van der Waals surface area contributed by atoms with Crippen LogP contribution in [0.25, 0.3) is 11.1 Å². The fraction of sp³-hybridized carbons (Fsp3) is 0.0877. The van der Waals surface area contributed by atoms with Crippen molar-refractivity contribution in [1.29, 1.82) is 0 Å². The molecular formula is C57H42N4O4+4. The summed E-state index contributed by atoms with van der Waals surface area (Å²) in [5, 5.41) is 0. The van der Waals surface area contributed by atoms with Gasteiger partial charge in [-0.2, -0.15) is 0 Å². The van der Waals surface area contributed by atoms with Crippen LogP contribution in [-0.2, 0) is 5.41 Å². The lowest BCUT2D eigenvalue weighted by Crippen LogP contribution is -2.62. The minimum Gasteiger partial charge on any atom is -0.340 e. The first-order valence-electron chi connectivity index (χ1n) is 22.0. The Balaban J connectivity index is 0.000000131. The molecule has 8 aromatic rings. The summed E-state index contributed by atoms with van der Waals surface area (Å²) >= 11 is 0. The van der Waals surface area contributed by atoms with Crippen LogP contribution in [0.4, 0.5) is 22.7 Å². The van der Waals surface area contributed by atoms with Crippen molar-refractivity contribution in [2.75, 3.05) is 0 Å². The zero-order chi connectivity index (χ0) is 43.3. The number of para-hydroxylation sites is 6. The molecule has 0 atom stereocenters. The molecule has 6 aliphatic rings. The van der Waals surface area contributed by atoms with E-state index >= 15 is 0 Å². The second kappa shape index (κ2) is 13.8. The molecule has 0 fully saturated rings. The van der Waals surface area contributed by atoms with Gasteiger partial charge in [0.25, 0.3) is 0 Å². The van der Waals surface area contributed by atoms with E-state index in [0.717, 1.165) is 90.3 Å². The summed E-state index contributed by atoms with van der Waals surface area (Å²) in [4.78, 5) is 0. The molecule has 6 aliphatic heterocycles. The average Bonchev–Trinajstić information content (AvgIpc) is 3.36. The number of hydrogen-bond donors (Lipinski definition) is 0. The average molecular weight is 847 g/mol. The molecule has 14 rings (SSSR count). The van der Waals surface area contributed by atoms with Gasteiger partial charge in [0.15, 0.2) is 47.9 Å². The Bertz CT molecular complexity index is 3170. The summed E-state index contributed by atoms with van der Waals surface area (Å²) in [6.45, 7) is 4.48. The largest absolute Gasteiger partial charge is 0.714 e. The van der Waals surface area contributed by atoms with Crippen molar-refractivity contribution < 1.29 is 37.2 Å². The van der Waals surface area contributed by atoms with Gasteiger partial charge in [-0.25, -0.2) is 0 Å². The molecule has 6 heterocycles. The summed E-state index contributed by atoms with van der Waals surface area (Å²) in [7, 11) is 0. The molecule has 65 heavy (non-hydrogen) atoms. The number of benzene rings is 8. The van der Waals surface area contributed by atoms with Gasteiger partial charge in [0.1, 0.15) is 0 Å². The van der Waals surface area contributed by atoms with E-state index in [9.17, 15) is 0 Å². The zero-order valence-corrected chi connectivity index (χ0v) is 35.7. The van der Waals surface area contributed by atoms with E-state index in [0.29, 0.717) is 0 Å². The van der Waals surface area contributed by atoms with Crippen molar-refractivity contribution in [3.63, 3.8) is 0 Å². The molecule has 0 unspecified atom stereocenters. The van der Waals surface area contributed by atoms with E-state index in [1.54, 1.807) is 0 Å². The van der Waals surface area contributed by atoms with Crippen LogP contribution in [0.5, 0.6) is 23.0 Å². The fourth-order valence-corrected chi connectivity index (χ4v) is 9.90. The van der Waals surface area contributed by atoms with Gasteiger partial charge in [0.05, 0.1) is 22.3 Å². The predicted molar refractivity (Wildman–Crippen MR) is 251 cm³/mol. The van der Waals surface area contributed by atoms with Crippen LogP contribution in [0.3, 0.4) is 0 Å². The third-order valence-electron chi connectivity index (χ3n) is 13.2. The van der Waals surface area contributed by atoms with Gasteiger partial charge < -0.3 is 18.9 Å². The lowest BCUT2D eigenvalue weighted by molar-refractivity contribution is -0.856. The van der Waals surface area contributed by atoms with Gasteiger partial charge >= 0.3 is 12.1 Å². The molecule has 0 N–H and O–H groups in total. The van der Waals surface area contributed by atoms with Crippen molar-refractivity contribution in [2.24, 2.45) is 0 Å². The van der Waals surface area contributed by atoms with Crippen LogP contribution in [0.2, 0.25) is 0 Å². The smallest absolute Gasteiger partial charge is 0.340 e. The van der Waals surface area contributed by atoms with Gasteiger partial charge in [-0.15, -0.1) is 0 Å². The first-order valence-corrected chi connectivity index (χ1v) is 22.0. The molecular weight excluding hydrogens is 805 g/mol. The SMILES string of the molecule is C1=[N+](c2ccccc2)C23Oc4cc(ccc41)-c1ccc(c(c1)O2)C=[N+]3c1ccccc1.CC1(C)c2cccc3c2OC2(Oc4c(cccc41)C=[N+]2c1ccccc1)[N+](c1ccccc1)=C3. The van der Waals surface area contributed by atoms with Crippen molar-refractivity contribution in [3.8, 4) is 34.1 Å². The third kappa shape index (κ3) is 5.56. The lowest BCUT2D eigenvalue weighted by Gasteiger charge is -2.39. The van der Waals surface area contributed by atoms with E-state index in [1.165, 1.54) is 0 Å². The minimum atomic E-state index is -1.26. The minimum absolute atomic E-state index is 0.297. The van der Waals surface area contributed by atoms with E-state index in [4.69, 9.17) is 18.9 Å². The maximum absolute atomic E-state index is 7.03. The number of fused-ring (bicyclic) bond motifs is 3. The van der Waals surface area contributed by atoms with Crippen molar-refractivity contribution in [3.05, 3.63) is 228 Å². The molecule has 8 bridgehead atoms. The van der Waals surface area contributed by atoms with Crippen LogP contribution in [0.1, 0.15) is 47.2 Å². The molecule has 0 saturated heterocycles. The first-order chi connectivity index (χ1) is 31.9. The summed E-state index contributed by atoms with van der Waals surface area (Å²) in [6.07, 6.45) is 8.52. The van der Waals surface area contributed by atoms with Crippen LogP contribution < -0.4 is 18.9 Å². The lowest BCUT2D eigenvalue weighted by atomic mass is 9.75. The Labute approximate surface area is 376 Å². The van der Waals surface area contributed by atoms with E-state index < -0.39 is 12.1 Å². The maximum atomic E-state index is 7.03. The number of ether oxygens (including phenoxy) is 4. The highest BCUT2D eigenvalue weighted by Crippen LogP contribution is 2.51. The molecule has 0 radical (unpaired) electrons. The van der Waals surface area contributed by atoms with Crippen molar-refractivity contribution >= 4 is 47.6 Å². The van der Waals surface area contributed by atoms with Gasteiger partial charge in [-0.3, -0.25) is 0 Å². The zero-order valence-electron chi connectivity index (χ0n) is 35.7. The Morgan fingerprint density at radius 3 is 1.03 bits per heavy atom. The maximum Gasteiger partial charge on any atom is 0.714 e. The Morgan fingerprint density at radius 1 is 0.323 bits per heavy atom. The van der Waals surface area contributed by atoms with E-state index in [2.05, 4.69) is 178 Å². The third-order valence-corrected chi connectivity index (χ3v) is 13.2.